The Labute approximate surface area is 113 Å². The molecule has 4 heteroatoms. The lowest BCUT2D eigenvalue weighted by atomic mass is 9.95. The minimum Gasteiger partial charge on any atom is -0.468 e. The number of carbonyl (C=O) groups excluding carboxylic acids is 2. The molecule has 0 spiro atoms. The summed E-state index contributed by atoms with van der Waals surface area (Å²) in [4.78, 5) is 23.3. The van der Waals surface area contributed by atoms with Gasteiger partial charge in [0, 0.05) is 0 Å². The van der Waals surface area contributed by atoms with Crippen LogP contribution < -0.4 is 0 Å². The molecule has 1 aromatic rings. The number of hydrogen-bond acceptors (Lipinski definition) is 4. The van der Waals surface area contributed by atoms with Crippen LogP contribution in [0.4, 0.5) is 0 Å². The molecule has 1 aromatic carbocycles. The van der Waals surface area contributed by atoms with Gasteiger partial charge in [0.15, 0.2) is 5.92 Å². The largest absolute Gasteiger partial charge is 0.468 e. The van der Waals surface area contributed by atoms with Crippen LogP contribution in [-0.4, -0.2) is 26.2 Å². The highest BCUT2D eigenvalue weighted by molar-refractivity contribution is 6.00. The van der Waals surface area contributed by atoms with Crippen LogP contribution in [0, 0.1) is 5.92 Å². The van der Waals surface area contributed by atoms with E-state index in [1.54, 1.807) is 12.1 Å². The van der Waals surface area contributed by atoms with Gasteiger partial charge in [-0.25, -0.2) is 0 Å². The standard InChI is InChI=1S/C15H20O4/c1-10(2)9-11-5-7-12(8-6-11)13(14(16)18-3)15(17)19-4/h5-8,10,13H,9H2,1-4H3. The molecule has 0 heterocycles. The minimum absolute atomic E-state index is 0.558. The molecule has 1 rings (SSSR count). The lowest BCUT2D eigenvalue weighted by molar-refractivity contribution is -0.154. The first kappa shape index (κ1) is 15.2. The fraction of sp³-hybridized carbons (Fsp3) is 0.467. The zero-order chi connectivity index (χ0) is 14.4. The van der Waals surface area contributed by atoms with Crippen LogP contribution >= 0.6 is 0 Å². The van der Waals surface area contributed by atoms with Gasteiger partial charge in [-0.3, -0.25) is 9.59 Å². The third-order valence-electron chi connectivity index (χ3n) is 2.83. The molecule has 0 radical (unpaired) electrons. The summed E-state index contributed by atoms with van der Waals surface area (Å²) in [5.74, 6) is -1.67. The van der Waals surface area contributed by atoms with E-state index in [4.69, 9.17) is 0 Å². The Hall–Kier alpha value is -1.84. The lowest BCUT2D eigenvalue weighted by Crippen LogP contribution is -2.24. The second-order valence-corrected chi connectivity index (χ2v) is 4.82. The van der Waals surface area contributed by atoms with Crippen molar-refractivity contribution in [2.75, 3.05) is 14.2 Å². The maximum absolute atomic E-state index is 11.7. The van der Waals surface area contributed by atoms with E-state index < -0.39 is 17.9 Å². The van der Waals surface area contributed by atoms with E-state index in [1.165, 1.54) is 19.8 Å². The molecular formula is C15H20O4. The predicted octanol–water partition coefficient (Wildman–Crippen LogP) is 2.31. The van der Waals surface area contributed by atoms with Crippen molar-refractivity contribution >= 4 is 11.9 Å². The smallest absolute Gasteiger partial charge is 0.324 e. The lowest BCUT2D eigenvalue weighted by Gasteiger charge is -2.13. The van der Waals surface area contributed by atoms with Gasteiger partial charge in [-0.15, -0.1) is 0 Å². The third kappa shape index (κ3) is 4.09. The Kier molecular flexibility index (Phi) is 5.55. The van der Waals surface area contributed by atoms with Gasteiger partial charge in [0.25, 0.3) is 0 Å². The Balaban J connectivity index is 2.97. The van der Waals surface area contributed by atoms with Gasteiger partial charge in [0.05, 0.1) is 14.2 Å². The SMILES string of the molecule is COC(=O)C(C(=O)OC)c1ccc(CC(C)C)cc1. The van der Waals surface area contributed by atoms with E-state index in [2.05, 4.69) is 23.3 Å². The molecule has 0 amide bonds. The summed E-state index contributed by atoms with van der Waals surface area (Å²) in [6.45, 7) is 4.28. The van der Waals surface area contributed by atoms with Crippen molar-refractivity contribution in [2.45, 2.75) is 26.2 Å². The molecule has 19 heavy (non-hydrogen) atoms. The summed E-state index contributed by atoms with van der Waals surface area (Å²) < 4.78 is 9.29. The van der Waals surface area contributed by atoms with E-state index in [0.29, 0.717) is 11.5 Å². The Morgan fingerprint density at radius 2 is 1.47 bits per heavy atom. The van der Waals surface area contributed by atoms with Crippen molar-refractivity contribution in [1.29, 1.82) is 0 Å². The Morgan fingerprint density at radius 1 is 1.00 bits per heavy atom. The van der Waals surface area contributed by atoms with Crippen molar-refractivity contribution in [1.82, 2.24) is 0 Å². The fourth-order valence-electron chi connectivity index (χ4n) is 1.92. The topological polar surface area (TPSA) is 52.6 Å². The molecule has 0 unspecified atom stereocenters. The molecule has 0 N–H and O–H groups in total. The van der Waals surface area contributed by atoms with Crippen LogP contribution in [0.25, 0.3) is 0 Å². The van der Waals surface area contributed by atoms with Gasteiger partial charge in [-0.05, 0) is 23.5 Å². The van der Waals surface area contributed by atoms with Crippen LogP contribution in [0.5, 0.6) is 0 Å². The number of carbonyl (C=O) groups is 2. The number of benzene rings is 1. The zero-order valence-corrected chi connectivity index (χ0v) is 11.8. The summed E-state index contributed by atoms with van der Waals surface area (Å²) in [5, 5.41) is 0. The molecule has 0 aromatic heterocycles. The quantitative estimate of drug-likeness (QED) is 0.605. The maximum atomic E-state index is 11.7. The predicted molar refractivity (Wildman–Crippen MR) is 71.8 cm³/mol. The fourth-order valence-corrected chi connectivity index (χ4v) is 1.92. The van der Waals surface area contributed by atoms with Gasteiger partial charge in [-0.1, -0.05) is 38.1 Å². The third-order valence-corrected chi connectivity index (χ3v) is 2.83. The number of ether oxygens (including phenoxy) is 2. The van der Waals surface area contributed by atoms with Crippen LogP contribution in [-0.2, 0) is 25.5 Å². The van der Waals surface area contributed by atoms with Gasteiger partial charge in [-0.2, -0.15) is 0 Å². The van der Waals surface area contributed by atoms with E-state index in [1.807, 2.05) is 12.1 Å². The summed E-state index contributed by atoms with van der Waals surface area (Å²) in [5.41, 5.74) is 1.76. The normalized spacial score (nSPS) is 10.6. The second-order valence-electron chi connectivity index (χ2n) is 4.82. The minimum atomic E-state index is -1.01. The van der Waals surface area contributed by atoms with E-state index >= 15 is 0 Å². The molecule has 0 aliphatic rings. The molecule has 0 atom stereocenters. The summed E-state index contributed by atoms with van der Waals surface area (Å²) in [6.07, 6.45) is 0.960. The van der Waals surface area contributed by atoms with E-state index in [9.17, 15) is 9.59 Å². The molecule has 0 saturated carbocycles. The van der Waals surface area contributed by atoms with E-state index in [-0.39, 0.29) is 0 Å². The molecule has 104 valence electrons. The van der Waals surface area contributed by atoms with Crippen molar-refractivity contribution in [3.8, 4) is 0 Å². The Morgan fingerprint density at radius 3 is 1.84 bits per heavy atom. The number of rotatable bonds is 5. The molecule has 0 bridgehead atoms. The highest BCUT2D eigenvalue weighted by Gasteiger charge is 2.30. The molecule has 0 fully saturated rings. The summed E-state index contributed by atoms with van der Waals surface area (Å²) in [7, 11) is 2.51. The summed E-state index contributed by atoms with van der Waals surface area (Å²) >= 11 is 0. The summed E-state index contributed by atoms with van der Waals surface area (Å²) in [6, 6.07) is 7.40. The van der Waals surface area contributed by atoms with E-state index in [0.717, 1.165) is 6.42 Å². The molecule has 0 saturated heterocycles. The number of esters is 2. The van der Waals surface area contributed by atoms with Gasteiger partial charge in [0.2, 0.25) is 0 Å². The average molecular weight is 264 g/mol. The van der Waals surface area contributed by atoms with Crippen molar-refractivity contribution in [2.24, 2.45) is 5.92 Å². The molecule has 0 aliphatic heterocycles. The monoisotopic (exact) mass is 264 g/mol. The number of hydrogen-bond donors (Lipinski definition) is 0. The van der Waals surface area contributed by atoms with Crippen LogP contribution in [0.2, 0.25) is 0 Å². The molecule has 4 nitrogen and oxygen atoms in total. The molecule has 0 aliphatic carbocycles. The van der Waals surface area contributed by atoms with Crippen LogP contribution in [0.3, 0.4) is 0 Å². The highest BCUT2D eigenvalue weighted by Crippen LogP contribution is 2.20. The van der Waals surface area contributed by atoms with Gasteiger partial charge < -0.3 is 9.47 Å². The molecular weight excluding hydrogens is 244 g/mol. The van der Waals surface area contributed by atoms with Crippen molar-refractivity contribution < 1.29 is 19.1 Å². The first-order chi connectivity index (χ1) is 8.99. The van der Waals surface area contributed by atoms with Crippen molar-refractivity contribution in [3.05, 3.63) is 35.4 Å². The first-order valence-electron chi connectivity index (χ1n) is 6.24. The average Bonchev–Trinajstić information content (AvgIpc) is 2.39. The Bertz CT molecular complexity index is 418. The number of methoxy groups -OCH3 is 2. The van der Waals surface area contributed by atoms with Crippen LogP contribution in [0.15, 0.2) is 24.3 Å². The van der Waals surface area contributed by atoms with Crippen LogP contribution in [0.1, 0.15) is 30.9 Å². The highest BCUT2D eigenvalue weighted by atomic mass is 16.5. The first-order valence-corrected chi connectivity index (χ1v) is 6.24. The maximum Gasteiger partial charge on any atom is 0.324 e. The van der Waals surface area contributed by atoms with Gasteiger partial charge >= 0.3 is 11.9 Å². The second kappa shape index (κ2) is 6.92. The van der Waals surface area contributed by atoms with Crippen molar-refractivity contribution in [3.63, 3.8) is 0 Å². The van der Waals surface area contributed by atoms with Gasteiger partial charge in [0.1, 0.15) is 0 Å². The zero-order valence-electron chi connectivity index (χ0n) is 11.8.